The van der Waals surface area contributed by atoms with Gasteiger partial charge < -0.3 is 21.1 Å². The molecule has 0 aromatic heterocycles. The van der Waals surface area contributed by atoms with Gasteiger partial charge >= 0.3 is 0 Å². The molecular weight excluding hydrogens is 428 g/mol. The second-order valence-corrected chi connectivity index (χ2v) is 7.49. The highest BCUT2D eigenvalue weighted by atomic mass is 19.3. The Morgan fingerprint density at radius 1 is 1.21 bits per heavy atom. The number of piperidine rings is 1. The third-order valence-electron chi connectivity index (χ3n) is 4.98. The van der Waals surface area contributed by atoms with Crippen molar-refractivity contribution in [2.24, 2.45) is 10.7 Å². The van der Waals surface area contributed by atoms with Gasteiger partial charge in [-0.1, -0.05) is 18.2 Å². The maximum atomic E-state index is 13.7. The number of hydrogen-bond acceptors (Lipinski definition) is 7. The van der Waals surface area contributed by atoms with Gasteiger partial charge in [0.25, 0.3) is 5.92 Å². The van der Waals surface area contributed by atoms with Crippen LogP contribution in [-0.2, 0) is 4.79 Å². The predicted molar refractivity (Wildman–Crippen MR) is 127 cm³/mol. The molecule has 1 saturated heterocycles. The van der Waals surface area contributed by atoms with Gasteiger partial charge in [0.15, 0.2) is 0 Å². The number of allylic oxidation sites excluding steroid dienone is 2. The fraction of sp³-hybridized carbons (Fsp3) is 0.208. The quantitative estimate of drug-likeness (QED) is 0.269. The number of aliphatic imine (C=N–C) groups is 1. The molecule has 3 rings (SSSR count). The molecule has 172 valence electrons. The lowest BCUT2D eigenvalue weighted by molar-refractivity contribution is -0.108. The zero-order valence-electron chi connectivity index (χ0n) is 17.8. The molecule has 0 unspecified atom stereocenters. The Labute approximate surface area is 190 Å². The number of ketones is 1. The summed E-state index contributed by atoms with van der Waals surface area (Å²) in [6.07, 6.45) is 5.21. The maximum absolute atomic E-state index is 13.7. The minimum absolute atomic E-state index is 0.101. The lowest BCUT2D eigenvalue weighted by atomic mass is 10.1. The van der Waals surface area contributed by atoms with Gasteiger partial charge in [0, 0.05) is 37.0 Å². The Morgan fingerprint density at radius 3 is 2.64 bits per heavy atom. The van der Waals surface area contributed by atoms with Gasteiger partial charge in [-0.15, -0.1) is 0 Å². The van der Waals surface area contributed by atoms with E-state index in [-0.39, 0.29) is 35.8 Å². The number of para-hydroxylation sites is 1. The fourth-order valence-corrected chi connectivity index (χ4v) is 3.35. The predicted octanol–water partition coefficient (Wildman–Crippen LogP) is 4.39. The molecule has 0 amide bonds. The summed E-state index contributed by atoms with van der Waals surface area (Å²) in [4.78, 5) is 18.2. The van der Waals surface area contributed by atoms with Crippen molar-refractivity contribution in [1.82, 2.24) is 0 Å². The summed E-state index contributed by atoms with van der Waals surface area (Å²) >= 11 is 0. The van der Waals surface area contributed by atoms with Gasteiger partial charge in [0.2, 0.25) is 5.78 Å². The van der Waals surface area contributed by atoms with Crippen LogP contribution in [0.15, 0.2) is 78.1 Å². The number of phenolic OH excluding ortho intramolecular Hbond substituents is 1. The number of nitrogens with zero attached hydrogens (tertiary/aromatic N) is 2. The van der Waals surface area contributed by atoms with Crippen molar-refractivity contribution in [3.05, 3.63) is 73.1 Å². The van der Waals surface area contributed by atoms with Crippen molar-refractivity contribution in [3.63, 3.8) is 0 Å². The van der Waals surface area contributed by atoms with E-state index in [4.69, 9.17) is 11.1 Å². The summed E-state index contributed by atoms with van der Waals surface area (Å²) in [5.74, 6) is -3.52. The molecule has 9 heteroatoms. The summed E-state index contributed by atoms with van der Waals surface area (Å²) in [7, 11) is 0. The standard InChI is InChI=1S/C24H25F2N5O2/c25-24(26)11-4-14-31(16-24)18-7-8-19(22(33)15-18)29-13-10-21(32)23(28)20(9-12-27)30-17-5-2-1-3-6-17/h1-3,5-10,12-13,15,28-29,33H,4,11,14,16,27H2/b12-9?,13-10-,28-23?,30-20?. The fourth-order valence-electron chi connectivity index (χ4n) is 3.35. The van der Waals surface area contributed by atoms with Gasteiger partial charge in [-0.2, -0.15) is 0 Å². The summed E-state index contributed by atoms with van der Waals surface area (Å²) in [5, 5.41) is 21.2. The van der Waals surface area contributed by atoms with Crippen molar-refractivity contribution in [1.29, 1.82) is 5.41 Å². The maximum Gasteiger partial charge on any atom is 0.265 e. The zero-order valence-corrected chi connectivity index (χ0v) is 17.8. The number of nitrogens with two attached hydrogens (primary N) is 1. The Kier molecular flexibility index (Phi) is 7.55. The van der Waals surface area contributed by atoms with E-state index in [1.54, 1.807) is 30.3 Å². The number of nitrogens with one attached hydrogen (secondary N) is 2. The van der Waals surface area contributed by atoms with Crippen LogP contribution in [0.3, 0.4) is 0 Å². The average molecular weight is 453 g/mol. The van der Waals surface area contributed by atoms with Crippen molar-refractivity contribution in [2.45, 2.75) is 18.8 Å². The number of benzene rings is 2. The number of halogens is 2. The molecule has 1 fully saturated rings. The van der Waals surface area contributed by atoms with Crippen LogP contribution >= 0.6 is 0 Å². The molecule has 0 spiro atoms. The first-order valence-corrected chi connectivity index (χ1v) is 10.3. The molecule has 0 saturated carbocycles. The van der Waals surface area contributed by atoms with Crippen LogP contribution in [0.4, 0.5) is 25.8 Å². The normalized spacial score (nSPS) is 16.3. The van der Waals surface area contributed by atoms with Crippen LogP contribution in [0.1, 0.15) is 12.8 Å². The van der Waals surface area contributed by atoms with Crippen molar-refractivity contribution >= 4 is 34.3 Å². The van der Waals surface area contributed by atoms with E-state index in [9.17, 15) is 18.7 Å². The van der Waals surface area contributed by atoms with E-state index in [1.165, 1.54) is 35.5 Å². The molecule has 2 aromatic carbocycles. The first-order chi connectivity index (χ1) is 15.8. The van der Waals surface area contributed by atoms with Gasteiger partial charge in [-0.25, -0.2) is 13.8 Å². The first-order valence-electron chi connectivity index (χ1n) is 10.3. The van der Waals surface area contributed by atoms with Crippen molar-refractivity contribution < 1.29 is 18.7 Å². The van der Waals surface area contributed by atoms with Crippen LogP contribution in [-0.4, -0.2) is 41.3 Å². The van der Waals surface area contributed by atoms with E-state index in [2.05, 4.69) is 10.3 Å². The molecular formula is C24H25F2N5O2. The number of alkyl halides is 2. The molecule has 1 aliphatic rings. The Hall–Kier alpha value is -4.01. The number of phenols is 1. The number of hydrogen-bond donors (Lipinski definition) is 4. The summed E-state index contributed by atoms with van der Waals surface area (Å²) < 4.78 is 27.3. The van der Waals surface area contributed by atoms with Crippen LogP contribution in [0.2, 0.25) is 0 Å². The second kappa shape index (κ2) is 10.5. The lowest BCUT2D eigenvalue weighted by Gasteiger charge is -2.34. The lowest BCUT2D eigenvalue weighted by Crippen LogP contribution is -2.42. The van der Waals surface area contributed by atoms with Gasteiger partial charge in [-0.05, 0) is 43.0 Å². The number of aromatic hydroxyl groups is 1. The summed E-state index contributed by atoms with van der Waals surface area (Å²) in [6, 6.07) is 13.4. The summed E-state index contributed by atoms with van der Waals surface area (Å²) in [6.45, 7) is 0.0995. The number of carbonyl (C=O) groups is 1. The van der Waals surface area contributed by atoms with Gasteiger partial charge in [0.1, 0.15) is 11.5 Å². The molecule has 7 nitrogen and oxygen atoms in total. The zero-order chi connectivity index (χ0) is 23.8. The average Bonchev–Trinajstić information content (AvgIpc) is 2.79. The highest BCUT2D eigenvalue weighted by Gasteiger charge is 2.35. The summed E-state index contributed by atoms with van der Waals surface area (Å²) in [5.41, 5.74) is 6.52. The van der Waals surface area contributed by atoms with Crippen LogP contribution in [0, 0.1) is 5.41 Å². The number of rotatable bonds is 8. The third kappa shape index (κ3) is 6.49. The van der Waals surface area contributed by atoms with E-state index in [0.717, 1.165) is 6.08 Å². The van der Waals surface area contributed by atoms with E-state index in [0.29, 0.717) is 24.3 Å². The molecule has 0 bridgehead atoms. The van der Waals surface area contributed by atoms with Crippen molar-refractivity contribution in [2.75, 3.05) is 23.3 Å². The first kappa shape index (κ1) is 23.6. The molecule has 5 N–H and O–H groups in total. The van der Waals surface area contributed by atoms with Crippen LogP contribution < -0.4 is 16.0 Å². The largest absolute Gasteiger partial charge is 0.506 e. The molecule has 0 radical (unpaired) electrons. The smallest absolute Gasteiger partial charge is 0.265 e. The molecule has 2 aromatic rings. The van der Waals surface area contributed by atoms with E-state index < -0.39 is 11.7 Å². The molecule has 1 heterocycles. The minimum atomic E-state index is -2.75. The van der Waals surface area contributed by atoms with Gasteiger partial charge in [-0.3, -0.25) is 10.2 Å². The highest BCUT2D eigenvalue weighted by molar-refractivity contribution is 6.70. The Bertz CT molecular complexity index is 1100. The van der Waals surface area contributed by atoms with Gasteiger partial charge in [0.05, 0.1) is 23.6 Å². The molecule has 33 heavy (non-hydrogen) atoms. The van der Waals surface area contributed by atoms with Crippen molar-refractivity contribution in [3.8, 4) is 5.75 Å². The molecule has 0 atom stereocenters. The monoisotopic (exact) mass is 453 g/mol. The van der Waals surface area contributed by atoms with Crippen LogP contribution in [0.25, 0.3) is 0 Å². The Morgan fingerprint density at radius 2 is 1.97 bits per heavy atom. The molecule has 1 aliphatic heterocycles. The number of carbonyl (C=O) groups excluding carboxylic acids is 1. The Balaban J connectivity index is 1.65. The van der Waals surface area contributed by atoms with E-state index in [1.807, 2.05) is 6.07 Å². The topological polar surface area (TPSA) is 115 Å². The minimum Gasteiger partial charge on any atom is -0.506 e. The SMILES string of the molecule is N=C(C(=O)/C=C\Nc1ccc(N2CCCC(F)(F)C2)cc1O)C(C=CN)=Nc1ccccc1. The third-order valence-corrected chi connectivity index (χ3v) is 4.98. The number of anilines is 2. The van der Waals surface area contributed by atoms with Crippen LogP contribution in [0.5, 0.6) is 5.75 Å². The second-order valence-electron chi connectivity index (χ2n) is 7.49. The molecule has 0 aliphatic carbocycles. The van der Waals surface area contributed by atoms with E-state index >= 15 is 0 Å². The highest BCUT2D eigenvalue weighted by Crippen LogP contribution is 2.34.